The number of hydrogen-bond acceptors (Lipinski definition) is 3. The highest BCUT2D eigenvalue weighted by atomic mass is 19.4. The second kappa shape index (κ2) is 5.82. The number of methoxy groups -OCH3 is 1. The van der Waals surface area contributed by atoms with E-state index in [1.165, 1.54) is 7.11 Å². The molecule has 0 aromatic carbocycles. The molecule has 84 valence electrons. The lowest BCUT2D eigenvalue weighted by Gasteiger charge is -2.14. The molecule has 4 nitrogen and oxygen atoms in total. The highest BCUT2D eigenvalue weighted by molar-refractivity contribution is 5.75. The average molecular weight is 215 g/mol. The minimum absolute atomic E-state index is 0.0267. The first-order valence-corrected chi connectivity index (χ1v) is 3.88. The second-order valence-electron chi connectivity index (χ2n) is 2.60. The van der Waals surface area contributed by atoms with Crippen LogP contribution in [0.4, 0.5) is 13.2 Å². The predicted octanol–water partition coefficient (Wildman–Crippen LogP) is 0.0623. The number of carbonyl (C=O) groups is 1. The Balaban J connectivity index is 3.67. The Morgan fingerprint density at radius 1 is 1.57 bits per heavy atom. The fourth-order valence-electron chi connectivity index (χ4n) is 0.609. The van der Waals surface area contributed by atoms with E-state index < -0.39 is 24.7 Å². The first-order chi connectivity index (χ1) is 6.38. The van der Waals surface area contributed by atoms with Gasteiger partial charge in [-0.1, -0.05) is 0 Å². The largest absolute Gasteiger partial charge is 0.416 e. The van der Waals surface area contributed by atoms with E-state index in [1.54, 1.807) is 0 Å². The first kappa shape index (κ1) is 13.2. The van der Waals surface area contributed by atoms with E-state index in [0.717, 1.165) is 0 Å². The Kier molecular flexibility index (Phi) is 5.47. The molecular formula is C7H12F3NO3. The van der Waals surface area contributed by atoms with Gasteiger partial charge in [-0.15, -0.1) is 0 Å². The molecule has 0 bridgehead atoms. The van der Waals surface area contributed by atoms with E-state index in [9.17, 15) is 18.0 Å². The maximum absolute atomic E-state index is 11.7. The number of aliphatic hydroxyl groups excluding tert-OH is 1. The summed E-state index contributed by atoms with van der Waals surface area (Å²) in [6, 6.07) is 0. The third-order valence-corrected chi connectivity index (χ3v) is 1.40. The third kappa shape index (κ3) is 5.76. The molecule has 0 aromatic rings. The van der Waals surface area contributed by atoms with Gasteiger partial charge in [0.25, 0.3) is 0 Å². The van der Waals surface area contributed by atoms with Crippen molar-refractivity contribution in [3.63, 3.8) is 0 Å². The molecule has 1 unspecified atom stereocenters. The molecule has 0 aliphatic heterocycles. The summed E-state index contributed by atoms with van der Waals surface area (Å²) in [5, 5.41) is 10.4. The summed E-state index contributed by atoms with van der Waals surface area (Å²) in [6.45, 7) is -0.694. The molecule has 0 radical (unpaired) electrons. The van der Waals surface area contributed by atoms with Crippen molar-refractivity contribution in [2.45, 2.75) is 18.7 Å². The summed E-state index contributed by atoms with van der Waals surface area (Å²) in [5.41, 5.74) is 0. The van der Waals surface area contributed by atoms with Crippen molar-refractivity contribution >= 4 is 5.91 Å². The molecule has 1 atom stereocenters. The maximum Gasteiger partial charge on any atom is 0.416 e. The zero-order valence-electron chi connectivity index (χ0n) is 7.60. The number of nitrogens with one attached hydrogen (secondary N) is 1. The van der Waals surface area contributed by atoms with Gasteiger partial charge in [-0.3, -0.25) is 4.79 Å². The van der Waals surface area contributed by atoms with Crippen molar-refractivity contribution < 1.29 is 27.8 Å². The van der Waals surface area contributed by atoms with E-state index in [0.29, 0.717) is 0 Å². The van der Waals surface area contributed by atoms with Crippen molar-refractivity contribution in [2.75, 3.05) is 20.3 Å². The lowest BCUT2D eigenvalue weighted by atomic mass is 10.3. The number of alkyl halides is 3. The fraction of sp³-hybridized carbons (Fsp3) is 0.857. The number of amides is 1. The van der Waals surface area contributed by atoms with E-state index in [4.69, 9.17) is 5.11 Å². The van der Waals surface area contributed by atoms with Gasteiger partial charge >= 0.3 is 6.18 Å². The second-order valence-corrected chi connectivity index (χ2v) is 2.60. The molecule has 2 N–H and O–H groups in total. The van der Waals surface area contributed by atoms with Crippen LogP contribution in [0, 0.1) is 0 Å². The topological polar surface area (TPSA) is 58.6 Å². The average Bonchev–Trinajstić information content (AvgIpc) is 2.09. The molecule has 7 heteroatoms. The number of ether oxygens (including phenoxy) is 1. The zero-order valence-corrected chi connectivity index (χ0v) is 7.60. The number of carbonyl (C=O) groups excluding carboxylic acids is 1. The van der Waals surface area contributed by atoms with Crippen molar-refractivity contribution in [1.82, 2.24) is 5.32 Å². The third-order valence-electron chi connectivity index (χ3n) is 1.40. The van der Waals surface area contributed by atoms with Gasteiger partial charge in [0.1, 0.15) is 0 Å². The van der Waals surface area contributed by atoms with Crippen LogP contribution < -0.4 is 5.32 Å². The number of hydrogen-bond donors (Lipinski definition) is 2. The number of rotatable bonds is 5. The van der Waals surface area contributed by atoms with Crippen LogP contribution in [0.25, 0.3) is 0 Å². The van der Waals surface area contributed by atoms with E-state index in [2.05, 4.69) is 4.74 Å². The number of aliphatic hydroxyl groups is 1. The van der Waals surface area contributed by atoms with Crippen LogP contribution in [0.2, 0.25) is 0 Å². The predicted molar refractivity (Wildman–Crippen MR) is 41.6 cm³/mol. The van der Waals surface area contributed by atoms with Crippen LogP contribution >= 0.6 is 0 Å². The van der Waals surface area contributed by atoms with Crippen molar-refractivity contribution in [3.05, 3.63) is 0 Å². The Bertz CT molecular complexity index is 184. The highest BCUT2D eigenvalue weighted by Crippen LogP contribution is 2.19. The zero-order chi connectivity index (χ0) is 11.2. The van der Waals surface area contributed by atoms with Crippen LogP contribution in [-0.2, 0) is 9.53 Å². The first-order valence-electron chi connectivity index (χ1n) is 3.88. The van der Waals surface area contributed by atoms with E-state index in [1.807, 2.05) is 5.32 Å². The van der Waals surface area contributed by atoms with Crippen LogP contribution in [0.15, 0.2) is 0 Å². The Hall–Kier alpha value is -0.820. The number of halogens is 3. The summed E-state index contributed by atoms with van der Waals surface area (Å²) in [6.07, 6.45) is -7.25. The normalized spacial score (nSPS) is 13.8. The van der Waals surface area contributed by atoms with Gasteiger partial charge in [-0.05, 0) is 0 Å². The molecule has 0 saturated heterocycles. The molecule has 0 saturated carbocycles. The summed E-state index contributed by atoms with van der Waals surface area (Å²) in [5.74, 6) is -0.588. The lowest BCUT2D eigenvalue weighted by molar-refractivity contribution is -0.201. The molecule has 0 aromatic heterocycles. The minimum atomic E-state index is -4.70. The smallest absolute Gasteiger partial charge is 0.384 e. The summed E-state index contributed by atoms with van der Waals surface area (Å²) in [4.78, 5) is 10.8. The molecule has 1 amide bonds. The van der Waals surface area contributed by atoms with E-state index >= 15 is 0 Å². The molecule has 0 heterocycles. The Morgan fingerprint density at radius 3 is 2.57 bits per heavy atom. The maximum atomic E-state index is 11.7. The van der Waals surface area contributed by atoms with Gasteiger partial charge in [0.15, 0.2) is 6.10 Å². The quantitative estimate of drug-likeness (QED) is 0.682. The lowest BCUT2D eigenvalue weighted by Crippen LogP contribution is -2.40. The standard InChI is InChI=1S/C7H12F3NO3/c1-14-3-2-6(13)11-4-5(12)7(8,9)10/h5,12H,2-4H2,1H3,(H,11,13). The molecule has 14 heavy (non-hydrogen) atoms. The Labute approximate surface area is 79.0 Å². The van der Waals surface area contributed by atoms with Gasteiger partial charge in [0.05, 0.1) is 13.2 Å². The van der Waals surface area contributed by atoms with Crippen LogP contribution in [0.3, 0.4) is 0 Å². The molecular weight excluding hydrogens is 203 g/mol. The van der Waals surface area contributed by atoms with E-state index in [-0.39, 0.29) is 13.0 Å². The minimum Gasteiger partial charge on any atom is -0.384 e. The van der Waals surface area contributed by atoms with Crippen LogP contribution in [-0.4, -0.2) is 43.6 Å². The van der Waals surface area contributed by atoms with Gasteiger partial charge in [0.2, 0.25) is 5.91 Å². The Morgan fingerprint density at radius 2 is 2.14 bits per heavy atom. The fourth-order valence-corrected chi connectivity index (χ4v) is 0.609. The van der Waals surface area contributed by atoms with Crippen LogP contribution in [0.1, 0.15) is 6.42 Å². The van der Waals surface area contributed by atoms with Gasteiger partial charge in [0, 0.05) is 13.5 Å². The summed E-state index contributed by atoms with van der Waals surface area (Å²) >= 11 is 0. The highest BCUT2D eigenvalue weighted by Gasteiger charge is 2.38. The molecule has 0 aliphatic rings. The van der Waals surface area contributed by atoms with Gasteiger partial charge in [-0.2, -0.15) is 13.2 Å². The van der Waals surface area contributed by atoms with Crippen molar-refractivity contribution in [2.24, 2.45) is 0 Å². The summed E-state index contributed by atoms with van der Waals surface area (Å²) in [7, 11) is 1.37. The molecule has 0 rings (SSSR count). The SMILES string of the molecule is COCCC(=O)NCC(O)C(F)(F)F. The molecule has 0 aliphatic carbocycles. The monoisotopic (exact) mass is 215 g/mol. The van der Waals surface area contributed by atoms with Crippen molar-refractivity contribution in [3.8, 4) is 0 Å². The molecule has 0 fully saturated rings. The van der Waals surface area contributed by atoms with Gasteiger partial charge in [-0.25, -0.2) is 0 Å². The van der Waals surface area contributed by atoms with Gasteiger partial charge < -0.3 is 15.2 Å². The molecule has 0 spiro atoms. The van der Waals surface area contributed by atoms with Crippen molar-refractivity contribution in [1.29, 1.82) is 0 Å². The summed E-state index contributed by atoms with van der Waals surface area (Å²) < 4.78 is 39.7. The van der Waals surface area contributed by atoms with Crippen LogP contribution in [0.5, 0.6) is 0 Å².